The lowest BCUT2D eigenvalue weighted by atomic mass is 10.1. The van der Waals surface area contributed by atoms with Gasteiger partial charge >= 0.3 is 0 Å². The zero-order valence-corrected chi connectivity index (χ0v) is 11.2. The van der Waals surface area contributed by atoms with Crippen molar-refractivity contribution in [2.24, 2.45) is 0 Å². The van der Waals surface area contributed by atoms with Crippen LogP contribution in [0.1, 0.15) is 43.5 Å². The number of halogens is 1. The second kappa shape index (κ2) is 6.48. The van der Waals surface area contributed by atoms with Crippen LogP contribution in [0.3, 0.4) is 0 Å². The molecule has 5 heteroatoms. The second-order valence-corrected chi connectivity index (χ2v) is 4.85. The van der Waals surface area contributed by atoms with Crippen molar-refractivity contribution in [1.82, 2.24) is 4.98 Å². The molecular formula is C13H18ClNO3. The first kappa shape index (κ1) is 13.7. The summed E-state index contributed by atoms with van der Waals surface area (Å²) in [6, 6.07) is 1.70. The smallest absolute Gasteiger partial charge is 0.158 e. The van der Waals surface area contributed by atoms with E-state index in [4.69, 9.17) is 21.1 Å². The monoisotopic (exact) mass is 271 g/mol. The maximum atomic E-state index is 9.66. The second-order valence-electron chi connectivity index (χ2n) is 4.44. The molecule has 18 heavy (non-hydrogen) atoms. The molecule has 0 radical (unpaired) electrons. The van der Waals surface area contributed by atoms with E-state index >= 15 is 0 Å². The number of pyridine rings is 1. The summed E-state index contributed by atoms with van der Waals surface area (Å²) in [5, 5.41) is 10.2. The molecule has 0 bridgehead atoms. The molecule has 2 unspecified atom stereocenters. The van der Waals surface area contributed by atoms with Crippen LogP contribution >= 0.6 is 11.6 Å². The highest BCUT2D eigenvalue weighted by Gasteiger charge is 2.18. The summed E-state index contributed by atoms with van der Waals surface area (Å²) in [6.07, 6.45) is 3.88. The number of aliphatic hydroxyl groups is 1. The molecule has 2 heterocycles. The standard InChI is InChI=1S/C13H18ClNO3/c1-9(16)13-10(11(14)5-6-15-13)8-18-12-4-2-3-7-17-12/h5-6,9,12,16H,2-4,7-8H2,1H3. The van der Waals surface area contributed by atoms with Gasteiger partial charge in [-0.2, -0.15) is 0 Å². The summed E-state index contributed by atoms with van der Waals surface area (Å²) >= 11 is 6.12. The van der Waals surface area contributed by atoms with Crippen molar-refractivity contribution >= 4 is 11.6 Å². The molecule has 1 aromatic rings. The largest absolute Gasteiger partial charge is 0.387 e. The first-order chi connectivity index (χ1) is 8.68. The third-order valence-corrected chi connectivity index (χ3v) is 3.33. The first-order valence-electron chi connectivity index (χ1n) is 6.23. The van der Waals surface area contributed by atoms with E-state index in [9.17, 15) is 5.11 Å². The topological polar surface area (TPSA) is 51.6 Å². The SMILES string of the molecule is CC(O)c1nccc(Cl)c1COC1CCCCO1. The van der Waals surface area contributed by atoms with Crippen molar-refractivity contribution < 1.29 is 14.6 Å². The molecule has 1 aliphatic heterocycles. The van der Waals surface area contributed by atoms with E-state index in [2.05, 4.69) is 4.98 Å². The summed E-state index contributed by atoms with van der Waals surface area (Å²) in [6.45, 7) is 2.73. The lowest BCUT2D eigenvalue weighted by molar-refractivity contribution is -0.169. The summed E-state index contributed by atoms with van der Waals surface area (Å²) < 4.78 is 11.2. The number of hydrogen-bond acceptors (Lipinski definition) is 4. The van der Waals surface area contributed by atoms with Gasteiger partial charge in [-0.05, 0) is 32.3 Å². The third-order valence-electron chi connectivity index (χ3n) is 2.98. The zero-order chi connectivity index (χ0) is 13.0. The third kappa shape index (κ3) is 3.42. The van der Waals surface area contributed by atoms with Crippen molar-refractivity contribution in [1.29, 1.82) is 0 Å². The Balaban J connectivity index is 2.03. The first-order valence-corrected chi connectivity index (χ1v) is 6.61. The number of hydrogen-bond donors (Lipinski definition) is 1. The molecule has 0 amide bonds. The zero-order valence-electron chi connectivity index (χ0n) is 10.4. The van der Waals surface area contributed by atoms with Gasteiger partial charge in [0.1, 0.15) is 0 Å². The van der Waals surface area contributed by atoms with Crippen LogP contribution < -0.4 is 0 Å². The summed E-state index contributed by atoms with van der Waals surface area (Å²) in [4.78, 5) is 4.15. The van der Waals surface area contributed by atoms with Crippen LogP contribution in [0.2, 0.25) is 5.02 Å². The Labute approximate surface area is 112 Å². The maximum absolute atomic E-state index is 9.66. The van der Waals surface area contributed by atoms with Crippen molar-refractivity contribution in [3.8, 4) is 0 Å². The Hall–Kier alpha value is -0.680. The molecule has 0 spiro atoms. The normalized spacial score (nSPS) is 21.8. The van der Waals surface area contributed by atoms with Gasteiger partial charge in [0.15, 0.2) is 6.29 Å². The lowest BCUT2D eigenvalue weighted by Gasteiger charge is -2.23. The summed E-state index contributed by atoms with van der Waals surface area (Å²) in [5.74, 6) is 0. The van der Waals surface area contributed by atoms with E-state index in [1.165, 1.54) is 0 Å². The van der Waals surface area contributed by atoms with E-state index < -0.39 is 6.10 Å². The minimum atomic E-state index is -0.658. The van der Waals surface area contributed by atoms with E-state index in [-0.39, 0.29) is 6.29 Å². The fraction of sp³-hybridized carbons (Fsp3) is 0.615. The highest BCUT2D eigenvalue weighted by molar-refractivity contribution is 6.31. The number of ether oxygens (including phenoxy) is 2. The van der Waals surface area contributed by atoms with Crippen molar-refractivity contribution in [3.05, 3.63) is 28.5 Å². The molecule has 4 nitrogen and oxygen atoms in total. The van der Waals surface area contributed by atoms with Crippen molar-refractivity contribution in [3.63, 3.8) is 0 Å². The van der Waals surface area contributed by atoms with E-state index in [0.717, 1.165) is 31.4 Å². The van der Waals surface area contributed by atoms with E-state index in [1.807, 2.05) is 0 Å². The van der Waals surface area contributed by atoms with Gasteiger partial charge in [0.2, 0.25) is 0 Å². The molecular weight excluding hydrogens is 254 g/mol. The minimum absolute atomic E-state index is 0.170. The van der Waals surface area contributed by atoms with Crippen LogP contribution in [0, 0.1) is 0 Å². The molecule has 0 saturated carbocycles. The predicted molar refractivity (Wildman–Crippen MR) is 68.3 cm³/mol. The fourth-order valence-corrected chi connectivity index (χ4v) is 2.21. The highest BCUT2D eigenvalue weighted by atomic mass is 35.5. The highest BCUT2D eigenvalue weighted by Crippen LogP contribution is 2.25. The van der Waals surface area contributed by atoms with Gasteiger partial charge in [-0.1, -0.05) is 11.6 Å². The average molecular weight is 272 g/mol. The van der Waals surface area contributed by atoms with E-state index in [0.29, 0.717) is 17.3 Å². The molecule has 1 aliphatic rings. The Bertz CT molecular complexity index is 392. The van der Waals surface area contributed by atoms with Crippen LogP contribution in [-0.4, -0.2) is 23.0 Å². The molecule has 0 aromatic carbocycles. The van der Waals surface area contributed by atoms with Crippen LogP contribution in [0.15, 0.2) is 12.3 Å². The van der Waals surface area contributed by atoms with Gasteiger partial charge in [-0.25, -0.2) is 0 Å². The van der Waals surface area contributed by atoms with Gasteiger partial charge in [0, 0.05) is 23.4 Å². The van der Waals surface area contributed by atoms with Crippen LogP contribution in [0.5, 0.6) is 0 Å². The van der Waals surface area contributed by atoms with Gasteiger partial charge < -0.3 is 14.6 Å². The quantitative estimate of drug-likeness (QED) is 0.915. The number of rotatable bonds is 4. The van der Waals surface area contributed by atoms with Crippen LogP contribution in [0.25, 0.3) is 0 Å². The summed E-state index contributed by atoms with van der Waals surface area (Å²) in [7, 11) is 0. The fourth-order valence-electron chi connectivity index (χ4n) is 2.01. The maximum Gasteiger partial charge on any atom is 0.158 e. The van der Waals surface area contributed by atoms with Gasteiger partial charge in [-0.3, -0.25) is 4.98 Å². The molecule has 1 aromatic heterocycles. The van der Waals surface area contributed by atoms with Gasteiger partial charge in [0.25, 0.3) is 0 Å². The molecule has 2 atom stereocenters. The Morgan fingerprint density at radius 3 is 3.11 bits per heavy atom. The Morgan fingerprint density at radius 1 is 1.61 bits per heavy atom. The van der Waals surface area contributed by atoms with Crippen LogP contribution in [0.4, 0.5) is 0 Å². The van der Waals surface area contributed by atoms with Crippen molar-refractivity contribution in [2.75, 3.05) is 6.61 Å². The van der Waals surface area contributed by atoms with Gasteiger partial charge in [-0.15, -0.1) is 0 Å². The van der Waals surface area contributed by atoms with Crippen LogP contribution in [-0.2, 0) is 16.1 Å². The molecule has 1 fully saturated rings. The molecule has 2 rings (SSSR count). The lowest BCUT2D eigenvalue weighted by Crippen LogP contribution is -2.22. The number of aliphatic hydroxyl groups excluding tert-OH is 1. The van der Waals surface area contributed by atoms with E-state index in [1.54, 1.807) is 19.2 Å². The Morgan fingerprint density at radius 2 is 2.44 bits per heavy atom. The average Bonchev–Trinajstić information content (AvgIpc) is 2.38. The van der Waals surface area contributed by atoms with Gasteiger partial charge in [0.05, 0.1) is 18.4 Å². The molecule has 0 aliphatic carbocycles. The number of aromatic nitrogens is 1. The molecule has 100 valence electrons. The summed E-state index contributed by atoms with van der Waals surface area (Å²) in [5.41, 5.74) is 1.31. The predicted octanol–water partition coefficient (Wildman–Crippen LogP) is 2.83. The number of nitrogens with zero attached hydrogens (tertiary/aromatic N) is 1. The van der Waals surface area contributed by atoms with Crippen molar-refractivity contribution in [2.45, 2.75) is 45.2 Å². The molecule has 1 saturated heterocycles. The molecule has 1 N–H and O–H groups in total. The minimum Gasteiger partial charge on any atom is -0.387 e. The Kier molecular flexibility index (Phi) is 4.95.